The zero-order valence-corrected chi connectivity index (χ0v) is 11.4. The number of nitrogens with one attached hydrogen (secondary N) is 1. The number of nitrogens with zero attached hydrogens (tertiary/aromatic N) is 1. The van der Waals surface area contributed by atoms with Gasteiger partial charge in [0.25, 0.3) is 0 Å². The summed E-state index contributed by atoms with van der Waals surface area (Å²) in [5.41, 5.74) is -0.383. The summed E-state index contributed by atoms with van der Waals surface area (Å²) in [7, 11) is 0. The molecule has 0 aromatic rings. The monoisotopic (exact) mass is 258 g/mol. The predicted molar refractivity (Wildman–Crippen MR) is 66.4 cm³/mol. The summed E-state index contributed by atoms with van der Waals surface area (Å²) >= 11 is 0. The smallest absolute Gasteiger partial charge is 0.326 e. The molecule has 104 valence electrons. The van der Waals surface area contributed by atoms with Crippen molar-refractivity contribution in [3.8, 4) is 0 Å². The lowest BCUT2D eigenvalue weighted by Gasteiger charge is -2.38. The van der Waals surface area contributed by atoms with Gasteiger partial charge in [0.2, 0.25) is 0 Å². The number of carboxylic acids is 1. The maximum absolute atomic E-state index is 12.0. The Kier molecular flexibility index (Phi) is 4.56. The van der Waals surface area contributed by atoms with Gasteiger partial charge in [-0.15, -0.1) is 0 Å². The van der Waals surface area contributed by atoms with Crippen LogP contribution in [0.1, 0.15) is 27.7 Å². The SMILES string of the molecule is CC(C)C(NC(=O)N1CCOC(C)(C)C1)C(=O)O. The first-order valence-electron chi connectivity index (χ1n) is 6.15. The molecule has 1 unspecified atom stereocenters. The molecule has 0 aromatic heterocycles. The minimum atomic E-state index is -1.01. The number of amides is 2. The van der Waals surface area contributed by atoms with Crippen molar-refractivity contribution >= 4 is 12.0 Å². The Morgan fingerprint density at radius 1 is 1.39 bits per heavy atom. The van der Waals surface area contributed by atoms with Gasteiger partial charge in [-0.1, -0.05) is 13.8 Å². The van der Waals surface area contributed by atoms with Crippen molar-refractivity contribution in [3.63, 3.8) is 0 Å². The molecule has 0 saturated carbocycles. The molecular weight excluding hydrogens is 236 g/mol. The number of carboxylic acid groups (broad SMARTS) is 1. The average Bonchev–Trinajstić information content (AvgIpc) is 2.23. The summed E-state index contributed by atoms with van der Waals surface area (Å²) in [5.74, 6) is -1.16. The van der Waals surface area contributed by atoms with Crippen molar-refractivity contribution < 1.29 is 19.4 Å². The van der Waals surface area contributed by atoms with E-state index in [4.69, 9.17) is 9.84 Å². The molecule has 18 heavy (non-hydrogen) atoms. The number of ether oxygens (including phenoxy) is 1. The summed E-state index contributed by atoms with van der Waals surface area (Å²) in [4.78, 5) is 24.6. The van der Waals surface area contributed by atoms with Crippen LogP contribution in [0.2, 0.25) is 0 Å². The van der Waals surface area contributed by atoms with Crippen molar-refractivity contribution in [3.05, 3.63) is 0 Å². The van der Waals surface area contributed by atoms with Crippen molar-refractivity contribution in [2.75, 3.05) is 19.7 Å². The molecule has 1 saturated heterocycles. The third-order valence-corrected chi connectivity index (χ3v) is 2.92. The maximum atomic E-state index is 12.0. The van der Waals surface area contributed by atoms with Gasteiger partial charge in [0.1, 0.15) is 6.04 Å². The van der Waals surface area contributed by atoms with E-state index in [0.717, 1.165) is 0 Å². The van der Waals surface area contributed by atoms with Crippen LogP contribution in [0.15, 0.2) is 0 Å². The van der Waals surface area contributed by atoms with Crippen LogP contribution in [0.3, 0.4) is 0 Å². The molecular formula is C12H22N2O4. The van der Waals surface area contributed by atoms with Crippen LogP contribution < -0.4 is 5.32 Å². The molecule has 2 amide bonds. The first-order chi connectivity index (χ1) is 8.23. The highest BCUT2D eigenvalue weighted by Crippen LogP contribution is 2.16. The van der Waals surface area contributed by atoms with Crippen LogP contribution in [0.25, 0.3) is 0 Å². The molecule has 0 bridgehead atoms. The predicted octanol–water partition coefficient (Wildman–Crippen LogP) is 0.916. The van der Waals surface area contributed by atoms with Gasteiger partial charge >= 0.3 is 12.0 Å². The van der Waals surface area contributed by atoms with Gasteiger partial charge in [-0.3, -0.25) is 0 Å². The minimum Gasteiger partial charge on any atom is -0.480 e. The van der Waals surface area contributed by atoms with Crippen LogP contribution >= 0.6 is 0 Å². The summed E-state index contributed by atoms with van der Waals surface area (Å²) in [6, 6.07) is -1.20. The van der Waals surface area contributed by atoms with Crippen molar-refractivity contribution in [1.82, 2.24) is 10.2 Å². The van der Waals surface area contributed by atoms with E-state index < -0.39 is 12.0 Å². The van der Waals surface area contributed by atoms with Crippen molar-refractivity contribution in [2.45, 2.75) is 39.3 Å². The molecule has 1 aliphatic heterocycles. The Bertz CT molecular complexity index is 328. The zero-order chi connectivity index (χ0) is 13.9. The number of rotatable bonds is 3. The molecule has 2 N–H and O–H groups in total. The lowest BCUT2D eigenvalue weighted by Crippen LogP contribution is -2.56. The van der Waals surface area contributed by atoms with Crippen LogP contribution in [0.5, 0.6) is 0 Å². The third-order valence-electron chi connectivity index (χ3n) is 2.92. The van der Waals surface area contributed by atoms with E-state index in [0.29, 0.717) is 19.7 Å². The summed E-state index contributed by atoms with van der Waals surface area (Å²) in [5, 5.41) is 11.6. The average molecular weight is 258 g/mol. The lowest BCUT2D eigenvalue weighted by molar-refractivity contribution is -0.140. The van der Waals surface area contributed by atoms with Crippen molar-refractivity contribution in [2.24, 2.45) is 5.92 Å². The van der Waals surface area contributed by atoms with E-state index in [1.54, 1.807) is 18.7 Å². The highest BCUT2D eigenvalue weighted by Gasteiger charge is 2.32. The number of urea groups is 1. The van der Waals surface area contributed by atoms with E-state index >= 15 is 0 Å². The van der Waals surface area contributed by atoms with Crippen LogP contribution in [-0.2, 0) is 9.53 Å². The number of morpholine rings is 1. The Labute approximate surface area is 107 Å². The standard InChI is InChI=1S/C12H22N2O4/c1-8(2)9(10(15)16)13-11(17)14-5-6-18-12(3,4)7-14/h8-9H,5-7H2,1-4H3,(H,13,17)(H,15,16). The molecule has 0 aromatic carbocycles. The fraction of sp³-hybridized carbons (Fsp3) is 0.833. The van der Waals surface area contributed by atoms with Gasteiger partial charge in [-0.2, -0.15) is 0 Å². The van der Waals surface area contributed by atoms with E-state index in [1.165, 1.54) is 0 Å². The largest absolute Gasteiger partial charge is 0.480 e. The van der Waals surface area contributed by atoms with Gasteiger partial charge in [0.05, 0.1) is 18.8 Å². The molecule has 1 rings (SSSR count). The number of aliphatic carboxylic acids is 1. The molecule has 1 aliphatic rings. The summed E-state index contributed by atoms with van der Waals surface area (Å²) in [6.45, 7) is 8.76. The van der Waals surface area contributed by atoms with Gasteiger partial charge in [-0.05, 0) is 19.8 Å². The molecule has 6 heteroatoms. The number of hydrogen-bond acceptors (Lipinski definition) is 3. The van der Waals surface area contributed by atoms with Crippen molar-refractivity contribution in [1.29, 1.82) is 0 Å². The highest BCUT2D eigenvalue weighted by atomic mass is 16.5. The van der Waals surface area contributed by atoms with E-state index in [9.17, 15) is 9.59 Å². The summed E-state index contributed by atoms with van der Waals surface area (Å²) in [6.07, 6.45) is 0. The lowest BCUT2D eigenvalue weighted by atomic mass is 10.0. The van der Waals surface area contributed by atoms with E-state index in [1.807, 2.05) is 13.8 Å². The van der Waals surface area contributed by atoms with E-state index in [2.05, 4.69) is 5.32 Å². The quantitative estimate of drug-likeness (QED) is 0.789. The van der Waals surface area contributed by atoms with Crippen LogP contribution in [0, 0.1) is 5.92 Å². The second-order valence-electron chi connectivity index (χ2n) is 5.54. The molecule has 6 nitrogen and oxygen atoms in total. The second-order valence-corrected chi connectivity index (χ2v) is 5.54. The first kappa shape index (κ1) is 14.8. The third kappa shape index (κ3) is 3.87. The zero-order valence-electron chi connectivity index (χ0n) is 11.4. The fourth-order valence-corrected chi connectivity index (χ4v) is 1.93. The number of hydrogen-bond donors (Lipinski definition) is 2. The minimum absolute atomic E-state index is 0.152. The van der Waals surface area contributed by atoms with Gasteiger partial charge < -0.3 is 20.1 Å². The van der Waals surface area contributed by atoms with Gasteiger partial charge in [0.15, 0.2) is 0 Å². The molecule has 0 aliphatic carbocycles. The normalized spacial score (nSPS) is 20.6. The Hall–Kier alpha value is -1.30. The number of carbonyl (C=O) groups is 2. The van der Waals surface area contributed by atoms with E-state index in [-0.39, 0.29) is 17.6 Å². The van der Waals surface area contributed by atoms with Gasteiger partial charge in [-0.25, -0.2) is 9.59 Å². The molecule has 1 atom stereocenters. The molecule has 0 radical (unpaired) electrons. The molecule has 0 spiro atoms. The Morgan fingerprint density at radius 2 is 2.00 bits per heavy atom. The Balaban J connectivity index is 2.61. The maximum Gasteiger partial charge on any atom is 0.326 e. The summed E-state index contributed by atoms with van der Waals surface area (Å²) < 4.78 is 5.51. The second kappa shape index (κ2) is 5.56. The van der Waals surface area contributed by atoms with Gasteiger partial charge in [0, 0.05) is 6.54 Å². The highest BCUT2D eigenvalue weighted by molar-refractivity contribution is 5.82. The molecule has 1 fully saturated rings. The fourth-order valence-electron chi connectivity index (χ4n) is 1.93. The topological polar surface area (TPSA) is 78.9 Å². The first-order valence-corrected chi connectivity index (χ1v) is 6.15. The Morgan fingerprint density at radius 3 is 2.44 bits per heavy atom. The van der Waals surface area contributed by atoms with Crippen LogP contribution in [-0.4, -0.2) is 53.3 Å². The number of carbonyl (C=O) groups excluding carboxylic acids is 1. The van der Waals surface area contributed by atoms with Crippen LogP contribution in [0.4, 0.5) is 4.79 Å². The molecule has 1 heterocycles.